The van der Waals surface area contributed by atoms with Crippen LogP contribution in [0.5, 0.6) is 0 Å². The zero-order valence-corrected chi connectivity index (χ0v) is 13.6. The molecule has 3 rings (SSSR count). The maximum atomic E-state index is 12.1. The fourth-order valence-electron chi connectivity index (χ4n) is 2.97. The molecule has 1 aliphatic heterocycles. The van der Waals surface area contributed by atoms with Crippen molar-refractivity contribution < 1.29 is 19.9 Å². The van der Waals surface area contributed by atoms with Gasteiger partial charge in [-0.1, -0.05) is 18.2 Å². The summed E-state index contributed by atoms with van der Waals surface area (Å²) in [5.41, 5.74) is -1.10. The first-order chi connectivity index (χ1) is 12.4. The van der Waals surface area contributed by atoms with Crippen LogP contribution in [0.25, 0.3) is 0 Å². The lowest BCUT2D eigenvalue weighted by Gasteiger charge is -2.13. The number of ether oxygens (including phenoxy) is 1. The molecule has 2 heterocycles. The van der Waals surface area contributed by atoms with Crippen molar-refractivity contribution >= 4 is 5.69 Å². The summed E-state index contributed by atoms with van der Waals surface area (Å²) < 4.78 is 6.59. The van der Waals surface area contributed by atoms with Gasteiger partial charge in [-0.3, -0.25) is 24.5 Å². The summed E-state index contributed by atoms with van der Waals surface area (Å²) in [6.45, 7) is -0.510. The monoisotopic (exact) mass is 363 g/mol. The van der Waals surface area contributed by atoms with Gasteiger partial charge in [0.1, 0.15) is 6.10 Å². The number of aromatic nitrogens is 2. The molecule has 0 bridgehead atoms. The molecular weight excluding hydrogens is 346 g/mol. The van der Waals surface area contributed by atoms with Crippen LogP contribution < -0.4 is 11.2 Å². The van der Waals surface area contributed by atoms with Gasteiger partial charge in [-0.25, -0.2) is 4.79 Å². The highest BCUT2D eigenvalue weighted by Gasteiger charge is 2.35. The van der Waals surface area contributed by atoms with Crippen molar-refractivity contribution in [3.63, 3.8) is 0 Å². The molecule has 26 heavy (non-hydrogen) atoms. The summed E-state index contributed by atoms with van der Waals surface area (Å²) in [6.07, 6.45) is -1.16. The maximum absolute atomic E-state index is 12.1. The Morgan fingerprint density at radius 3 is 2.73 bits per heavy atom. The smallest absolute Gasteiger partial charge is 0.328 e. The predicted molar refractivity (Wildman–Crippen MR) is 88.8 cm³/mol. The number of benzene rings is 1. The fourth-order valence-corrected chi connectivity index (χ4v) is 2.97. The average Bonchev–Trinajstić information content (AvgIpc) is 2.98. The van der Waals surface area contributed by atoms with E-state index in [1.807, 2.05) is 0 Å². The summed E-state index contributed by atoms with van der Waals surface area (Å²) in [5.74, 6) is 0. The third-order valence-corrected chi connectivity index (χ3v) is 4.32. The van der Waals surface area contributed by atoms with Crippen LogP contribution >= 0.6 is 0 Å². The molecular formula is C16H17N3O7. The number of aliphatic hydroxyl groups excluding tert-OH is 2. The highest BCUT2D eigenvalue weighted by molar-refractivity contribution is 5.39. The van der Waals surface area contributed by atoms with E-state index in [-0.39, 0.29) is 24.2 Å². The minimum Gasteiger partial charge on any atom is -0.394 e. The Morgan fingerprint density at radius 1 is 1.35 bits per heavy atom. The molecule has 1 aliphatic rings. The molecule has 10 heteroatoms. The maximum Gasteiger partial charge on any atom is 0.328 e. The van der Waals surface area contributed by atoms with E-state index in [0.29, 0.717) is 5.56 Å². The number of H-pyrrole nitrogens is 1. The normalized spacial score (nSPS) is 22.5. The van der Waals surface area contributed by atoms with E-state index >= 15 is 0 Å². The first kappa shape index (κ1) is 18.0. The Hall–Kier alpha value is -2.82. The minimum absolute atomic E-state index is 0.0952. The quantitative estimate of drug-likeness (QED) is 0.487. The molecule has 2 aromatic rings. The van der Waals surface area contributed by atoms with Crippen LogP contribution in [-0.4, -0.2) is 43.5 Å². The third kappa shape index (κ3) is 3.43. The third-order valence-electron chi connectivity index (χ3n) is 4.32. The zero-order chi connectivity index (χ0) is 18.8. The van der Waals surface area contributed by atoms with E-state index in [9.17, 15) is 24.8 Å². The van der Waals surface area contributed by atoms with E-state index in [0.717, 1.165) is 4.57 Å². The van der Waals surface area contributed by atoms with Crippen LogP contribution in [0, 0.1) is 10.1 Å². The van der Waals surface area contributed by atoms with Crippen molar-refractivity contribution in [2.24, 2.45) is 0 Å². The summed E-state index contributed by atoms with van der Waals surface area (Å²) >= 11 is 0. The number of para-hydroxylation sites is 1. The van der Waals surface area contributed by atoms with Crippen LogP contribution in [-0.2, 0) is 11.3 Å². The lowest BCUT2D eigenvalue weighted by atomic mass is 10.1. The van der Waals surface area contributed by atoms with Gasteiger partial charge in [0.05, 0.1) is 35.8 Å². The molecule has 0 unspecified atom stereocenters. The second kappa shape index (κ2) is 7.20. The molecule has 0 spiro atoms. The van der Waals surface area contributed by atoms with Gasteiger partial charge < -0.3 is 14.9 Å². The topological polar surface area (TPSA) is 148 Å². The van der Waals surface area contributed by atoms with E-state index in [2.05, 4.69) is 4.98 Å². The standard InChI is InChI=1S/C16H17N3O7/c20-8-14-12(21)5-13(26-14)10-7-18(16(23)17-15(10)22)6-9-3-1-2-4-11(9)19(24)25/h1-4,7,12-14,20-21H,5-6,8H2,(H,17,22,23)/t12-,13+,14+/m0/s1. The van der Waals surface area contributed by atoms with Crippen molar-refractivity contribution in [3.05, 3.63) is 72.5 Å². The number of nitro benzene ring substituents is 1. The van der Waals surface area contributed by atoms with Crippen molar-refractivity contribution in [1.29, 1.82) is 0 Å². The molecule has 1 aromatic carbocycles. The molecule has 1 saturated heterocycles. The molecule has 0 saturated carbocycles. The van der Waals surface area contributed by atoms with E-state index in [1.165, 1.54) is 24.4 Å². The molecule has 10 nitrogen and oxygen atoms in total. The number of hydrogen-bond acceptors (Lipinski definition) is 7. The molecule has 138 valence electrons. The Bertz CT molecular complexity index is 936. The van der Waals surface area contributed by atoms with E-state index in [4.69, 9.17) is 9.84 Å². The Kier molecular flexibility index (Phi) is 4.98. The van der Waals surface area contributed by atoms with Crippen LogP contribution in [0.2, 0.25) is 0 Å². The van der Waals surface area contributed by atoms with Crippen molar-refractivity contribution in [1.82, 2.24) is 9.55 Å². The van der Waals surface area contributed by atoms with Crippen LogP contribution in [0.1, 0.15) is 23.7 Å². The number of hydrogen-bond donors (Lipinski definition) is 3. The van der Waals surface area contributed by atoms with Gasteiger partial charge in [0.25, 0.3) is 11.2 Å². The van der Waals surface area contributed by atoms with Gasteiger partial charge in [0, 0.05) is 24.2 Å². The number of nitro groups is 1. The van der Waals surface area contributed by atoms with Gasteiger partial charge in [-0.15, -0.1) is 0 Å². The summed E-state index contributed by atoms with van der Waals surface area (Å²) in [6, 6.07) is 5.98. The Balaban J connectivity index is 1.96. The van der Waals surface area contributed by atoms with Crippen molar-refractivity contribution in [2.75, 3.05) is 6.61 Å². The number of aromatic amines is 1. The van der Waals surface area contributed by atoms with Crippen molar-refractivity contribution in [3.8, 4) is 0 Å². The van der Waals surface area contributed by atoms with Crippen LogP contribution in [0.4, 0.5) is 5.69 Å². The van der Waals surface area contributed by atoms with Gasteiger partial charge >= 0.3 is 5.69 Å². The lowest BCUT2D eigenvalue weighted by molar-refractivity contribution is -0.385. The van der Waals surface area contributed by atoms with Crippen LogP contribution in [0.3, 0.4) is 0 Å². The van der Waals surface area contributed by atoms with E-state index in [1.54, 1.807) is 6.07 Å². The minimum atomic E-state index is -0.931. The second-order valence-electron chi connectivity index (χ2n) is 6.01. The molecule has 0 radical (unpaired) electrons. The molecule has 1 aromatic heterocycles. The van der Waals surface area contributed by atoms with Gasteiger partial charge in [-0.2, -0.15) is 0 Å². The Labute approximate surface area is 146 Å². The zero-order valence-electron chi connectivity index (χ0n) is 13.6. The molecule has 0 aliphatic carbocycles. The van der Waals surface area contributed by atoms with Crippen LogP contribution in [0.15, 0.2) is 40.1 Å². The number of rotatable bonds is 5. The first-order valence-corrected chi connectivity index (χ1v) is 7.91. The summed E-state index contributed by atoms with van der Waals surface area (Å²) in [7, 11) is 0. The molecule has 0 amide bonds. The SMILES string of the molecule is O=c1[nH]c(=O)n(Cc2ccccc2[N+](=O)[O-])cc1[C@H]1C[C@H](O)[C@@H](CO)O1. The molecule has 1 fully saturated rings. The second-order valence-corrected chi connectivity index (χ2v) is 6.01. The fraction of sp³-hybridized carbons (Fsp3) is 0.375. The highest BCUT2D eigenvalue weighted by atomic mass is 16.6. The summed E-state index contributed by atoms with van der Waals surface area (Å²) in [4.78, 5) is 36.9. The largest absolute Gasteiger partial charge is 0.394 e. The summed E-state index contributed by atoms with van der Waals surface area (Å²) in [5, 5.41) is 30.1. The first-order valence-electron chi connectivity index (χ1n) is 7.91. The van der Waals surface area contributed by atoms with Gasteiger partial charge in [-0.05, 0) is 0 Å². The predicted octanol–water partition coefficient (Wildman–Crippen LogP) is -0.324. The molecule has 3 N–H and O–H groups in total. The number of nitrogens with one attached hydrogen (secondary N) is 1. The van der Waals surface area contributed by atoms with E-state index < -0.39 is 41.1 Å². The highest BCUT2D eigenvalue weighted by Crippen LogP contribution is 2.31. The Morgan fingerprint density at radius 2 is 2.08 bits per heavy atom. The lowest BCUT2D eigenvalue weighted by Crippen LogP contribution is -2.33. The average molecular weight is 363 g/mol. The van der Waals surface area contributed by atoms with Crippen molar-refractivity contribution in [2.45, 2.75) is 31.3 Å². The number of aliphatic hydroxyl groups is 2. The number of nitrogens with zero attached hydrogens (tertiary/aromatic N) is 2. The van der Waals surface area contributed by atoms with Gasteiger partial charge in [0.2, 0.25) is 0 Å². The van der Waals surface area contributed by atoms with Gasteiger partial charge in [0.15, 0.2) is 0 Å². The molecule has 3 atom stereocenters.